The molecule has 0 saturated carbocycles. The topological polar surface area (TPSA) is 58.4 Å². The molecule has 1 aliphatic heterocycles. The second-order valence-corrected chi connectivity index (χ2v) is 7.76. The summed E-state index contributed by atoms with van der Waals surface area (Å²) in [6.45, 7) is 6.18. The molecule has 1 amide bonds. The Morgan fingerprint density at radius 1 is 1.15 bits per heavy atom. The van der Waals surface area contributed by atoms with Gasteiger partial charge in [-0.3, -0.25) is 9.69 Å². The molecule has 7 heteroatoms. The zero-order chi connectivity index (χ0) is 17.2. The molecule has 150 valence electrons. The Morgan fingerprint density at radius 3 is 2.50 bits per heavy atom. The monoisotopic (exact) mass is 421 g/mol. The maximum atomic E-state index is 12.1. The summed E-state index contributed by atoms with van der Waals surface area (Å²) in [5, 5.41) is 3.05. The van der Waals surface area contributed by atoms with Crippen molar-refractivity contribution in [3.63, 3.8) is 0 Å². The van der Waals surface area contributed by atoms with E-state index in [1.807, 2.05) is 11.8 Å². The molecule has 2 rings (SSSR count). The molecule has 0 aliphatic carbocycles. The molecule has 1 fully saturated rings. The fraction of sp³-hybridized carbons (Fsp3) is 0.632. The highest BCUT2D eigenvalue weighted by Gasteiger charge is 2.11. The Morgan fingerprint density at radius 2 is 1.85 bits per heavy atom. The minimum atomic E-state index is 0. The number of amides is 1. The molecule has 0 unspecified atom stereocenters. The van der Waals surface area contributed by atoms with Crippen molar-refractivity contribution < 1.29 is 4.79 Å². The van der Waals surface area contributed by atoms with Crippen LogP contribution in [0.2, 0.25) is 0 Å². The summed E-state index contributed by atoms with van der Waals surface area (Å²) in [6.07, 6.45) is 4.79. The lowest BCUT2D eigenvalue weighted by atomic mass is 10.1. The first-order valence-electron chi connectivity index (χ1n) is 9.08. The average molecular weight is 422 g/mol. The maximum Gasteiger partial charge on any atom is 0.224 e. The Labute approximate surface area is 174 Å². The fourth-order valence-electron chi connectivity index (χ4n) is 2.98. The summed E-state index contributed by atoms with van der Waals surface area (Å²) in [7, 11) is 0. The van der Waals surface area contributed by atoms with E-state index in [4.69, 9.17) is 5.73 Å². The first-order valence-corrected chi connectivity index (χ1v) is 10.2. The second kappa shape index (κ2) is 14.6. The number of aryl methyl sites for hydroxylation is 1. The third-order valence-electron chi connectivity index (χ3n) is 4.43. The van der Waals surface area contributed by atoms with Gasteiger partial charge in [-0.05, 0) is 43.5 Å². The van der Waals surface area contributed by atoms with Gasteiger partial charge in [0.1, 0.15) is 0 Å². The Kier molecular flexibility index (Phi) is 14.3. The van der Waals surface area contributed by atoms with Crippen LogP contribution in [0.5, 0.6) is 0 Å². The van der Waals surface area contributed by atoms with Gasteiger partial charge in [-0.15, -0.1) is 24.8 Å². The third kappa shape index (κ3) is 9.47. The molecule has 1 saturated heterocycles. The smallest absolute Gasteiger partial charge is 0.224 e. The van der Waals surface area contributed by atoms with Gasteiger partial charge < -0.3 is 11.1 Å². The number of rotatable bonds is 9. The maximum absolute atomic E-state index is 12.1. The summed E-state index contributed by atoms with van der Waals surface area (Å²) >= 11 is 2.04. The SMILES string of the molecule is Cc1cc(CN2CCSCC2)ccc1NC(=O)CCCCCCN.Cl.Cl. The van der Waals surface area contributed by atoms with E-state index in [2.05, 4.69) is 35.3 Å². The molecule has 1 aromatic rings. The van der Waals surface area contributed by atoms with Crippen LogP contribution in [-0.4, -0.2) is 41.9 Å². The number of thioether (sulfide) groups is 1. The van der Waals surface area contributed by atoms with Crippen LogP contribution < -0.4 is 11.1 Å². The lowest BCUT2D eigenvalue weighted by Crippen LogP contribution is -2.31. The lowest BCUT2D eigenvalue weighted by Gasteiger charge is -2.26. The number of nitrogens with two attached hydrogens (primary N) is 1. The van der Waals surface area contributed by atoms with Crippen LogP contribution in [-0.2, 0) is 11.3 Å². The van der Waals surface area contributed by atoms with Gasteiger partial charge in [0.25, 0.3) is 0 Å². The van der Waals surface area contributed by atoms with Gasteiger partial charge in [-0.2, -0.15) is 11.8 Å². The zero-order valence-corrected chi connectivity index (χ0v) is 18.1. The molecular weight excluding hydrogens is 389 g/mol. The van der Waals surface area contributed by atoms with E-state index < -0.39 is 0 Å². The van der Waals surface area contributed by atoms with E-state index in [1.54, 1.807) is 0 Å². The molecule has 0 aromatic heterocycles. The number of carbonyl (C=O) groups is 1. The zero-order valence-electron chi connectivity index (χ0n) is 15.7. The number of carbonyl (C=O) groups excluding carboxylic acids is 1. The van der Waals surface area contributed by atoms with Crippen LogP contribution >= 0.6 is 36.6 Å². The summed E-state index contributed by atoms with van der Waals surface area (Å²) in [4.78, 5) is 14.6. The second-order valence-electron chi connectivity index (χ2n) is 6.54. The molecule has 1 aliphatic rings. The van der Waals surface area contributed by atoms with Gasteiger partial charge in [0, 0.05) is 43.2 Å². The van der Waals surface area contributed by atoms with Crippen LogP contribution in [0.25, 0.3) is 0 Å². The molecule has 4 nitrogen and oxygen atoms in total. The van der Waals surface area contributed by atoms with E-state index in [0.717, 1.165) is 50.0 Å². The van der Waals surface area contributed by atoms with E-state index in [9.17, 15) is 4.79 Å². The number of hydrogen-bond acceptors (Lipinski definition) is 4. The number of nitrogens with zero attached hydrogens (tertiary/aromatic N) is 1. The van der Waals surface area contributed by atoms with Crippen LogP contribution in [0.15, 0.2) is 18.2 Å². The van der Waals surface area contributed by atoms with Crippen molar-refractivity contribution >= 4 is 48.2 Å². The third-order valence-corrected chi connectivity index (χ3v) is 5.38. The van der Waals surface area contributed by atoms with Crippen LogP contribution in [0, 0.1) is 6.92 Å². The van der Waals surface area contributed by atoms with Gasteiger partial charge in [-0.25, -0.2) is 0 Å². The number of nitrogens with one attached hydrogen (secondary N) is 1. The molecule has 1 heterocycles. The van der Waals surface area contributed by atoms with Crippen molar-refractivity contribution in [3.8, 4) is 0 Å². The summed E-state index contributed by atoms with van der Waals surface area (Å²) in [6, 6.07) is 6.40. The van der Waals surface area contributed by atoms with Crippen LogP contribution in [0.1, 0.15) is 43.2 Å². The van der Waals surface area contributed by atoms with Crippen molar-refractivity contribution in [2.75, 3.05) is 36.5 Å². The number of hydrogen-bond donors (Lipinski definition) is 2. The van der Waals surface area contributed by atoms with Crippen molar-refractivity contribution in [2.24, 2.45) is 5.73 Å². The lowest BCUT2D eigenvalue weighted by molar-refractivity contribution is -0.116. The van der Waals surface area contributed by atoms with Gasteiger partial charge in [-0.1, -0.05) is 25.0 Å². The van der Waals surface area contributed by atoms with Crippen molar-refractivity contribution in [3.05, 3.63) is 29.3 Å². The minimum absolute atomic E-state index is 0. The summed E-state index contributed by atoms with van der Waals surface area (Å²) in [5.41, 5.74) is 8.90. The fourth-order valence-corrected chi connectivity index (χ4v) is 3.96. The van der Waals surface area contributed by atoms with Crippen molar-refractivity contribution in [2.45, 2.75) is 45.6 Å². The summed E-state index contributed by atoms with van der Waals surface area (Å²) < 4.78 is 0. The Bertz CT molecular complexity index is 526. The van der Waals surface area contributed by atoms with E-state index in [0.29, 0.717) is 6.42 Å². The highest BCUT2D eigenvalue weighted by Crippen LogP contribution is 2.19. The number of halogens is 2. The Hall–Kier alpha value is -0.460. The largest absolute Gasteiger partial charge is 0.330 e. The molecule has 0 spiro atoms. The van der Waals surface area contributed by atoms with E-state index in [-0.39, 0.29) is 30.7 Å². The first kappa shape index (κ1) is 25.5. The quantitative estimate of drug-likeness (QED) is 0.585. The normalized spacial score (nSPS) is 14.2. The van der Waals surface area contributed by atoms with Gasteiger partial charge in [0.15, 0.2) is 0 Å². The predicted molar refractivity (Wildman–Crippen MR) is 119 cm³/mol. The standard InChI is InChI=1S/C19H31N3OS.2ClH/c1-16-14-17(15-22-10-12-24-13-11-22)7-8-18(16)21-19(23)6-4-2-3-5-9-20;;/h7-8,14H,2-6,9-13,15,20H2,1H3,(H,21,23);2*1H. The van der Waals surface area contributed by atoms with Gasteiger partial charge in [0.05, 0.1) is 0 Å². The van der Waals surface area contributed by atoms with Gasteiger partial charge >= 0.3 is 0 Å². The predicted octanol–water partition coefficient (Wildman–Crippen LogP) is 4.24. The van der Waals surface area contributed by atoms with Crippen molar-refractivity contribution in [1.82, 2.24) is 4.90 Å². The first-order chi connectivity index (χ1) is 11.7. The van der Waals surface area contributed by atoms with Gasteiger partial charge in [0.2, 0.25) is 5.91 Å². The molecule has 0 radical (unpaired) electrons. The molecule has 1 aromatic carbocycles. The molecule has 0 atom stereocenters. The number of benzene rings is 1. The average Bonchev–Trinajstić information content (AvgIpc) is 2.58. The summed E-state index contributed by atoms with van der Waals surface area (Å²) in [5.74, 6) is 2.59. The minimum Gasteiger partial charge on any atom is -0.330 e. The molecule has 0 bridgehead atoms. The van der Waals surface area contributed by atoms with E-state index in [1.165, 1.54) is 30.2 Å². The molecule has 3 N–H and O–H groups in total. The highest BCUT2D eigenvalue weighted by molar-refractivity contribution is 7.99. The van der Waals surface area contributed by atoms with E-state index >= 15 is 0 Å². The highest BCUT2D eigenvalue weighted by atomic mass is 35.5. The number of unbranched alkanes of at least 4 members (excludes halogenated alkanes) is 3. The van der Waals surface area contributed by atoms with Crippen LogP contribution in [0.3, 0.4) is 0 Å². The number of anilines is 1. The molecule has 26 heavy (non-hydrogen) atoms. The Balaban J connectivity index is 0.00000312. The van der Waals surface area contributed by atoms with Crippen LogP contribution in [0.4, 0.5) is 5.69 Å². The molecular formula is C19H33Cl2N3OS. The van der Waals surface area contributed by atoms with Crippen molar-refractivity contribution in [1.29, 1.82) is 0 Å².